The van der Waals surface area contributed by atoms with Gasteiger partial charge in [-0.25, -0.2) is 0 Å². The van der Waals surface area contributed by atoms with Crippen molar-refractivity contribution in [2.24, 2.45) is 0 Å². The molecule has 1 aromatic rings. The molecule has 0 aliphatic carbocycles. The first-order valence-corrected chi connectivity index (χ1v) is 6.03. The Labute approximate surface area is 109 Å². The normalized spacial score (nSPS) is 9.50. The van der Waals surface area contributed by atoms with Crippen LogP contribution in [-0.4, -0.2) is 13.7 Å². The van der Waals surface area contributed by atoms with Crippen LogP contribution >= 0.6 is 0 Å². The number of nitrogens with one attached hydrogen (secondary N) is 1. The molecule has 0 aliphatic rings. The van der Waals surface area contributed by atoms with E-state index in [9.17, 15) is 0 Å². The summed E-state index contributed by atoms with van der Waals surface area (Å²) in [5.74, 6) is 3.26. The number of methoxy groups -OCH3 is 1. The maximum atomic E-state index is 8.88. The number of hydrogen-bond donors (Lipinski definition) is 1. The van der Waals surface area contributed by atoms with Crippen LogP contribution in [0.3, 0.4) is 0 Å². The lowest BCUT2D eigenvalue weighted by atomic mass is 10.1. The van der Waals surface area contributed by atoms with E-state index in [0.717, 1.165) is 37.9 Å². The zero-order valence-electron chi connectivity index (χ0n) is 10.7. The number of ether oxygens (including phenoxy) is 1. The van der Waals surface area contributed by atoms with Gasteiger partial charge in [0.15, 0.2) is 0 Å². The van der Waals surface area contributed by atoms with E-state index in [0.29, 0.717) is 11.3 Å². The summed E-state index contributed by atoms with van der Waals surface area (Å²) in [6, 6.07) is 7.72. The van der Waals surface area contributed by atoms with Gasteiger partial charge in [-0.2, -0.15) is 5.26 Å². The fraction of sp³-hybridized carbons (Fsp3) is 0.400. The molecule has 0 bridgehead atoms. The first kappa shape index (κ1) is 14.1. The molecular formula is C15H18N2O. The Morgan fingerprint density at radius 1 is 1.39 bits per heavy atom. The number of hydrogen-bond acceptors (Lipinski definition) is 3. The van der Waals surface area contributed by atoms with Crippen molar-refractivity contribution in [1.82, 2.24) is 5.32 Å². The lowest BCUT2D eigenvalue weighted by Gasteiger charge is -2.07. The van der Waals surface area contributed by atoms with Gasteiger partial charge < -0.3 is 10.1 Å². The Bertz CT molecular complexity index is 455. The van der Waals surface area contributed by atoms with Gasteiger partial charge in [0.05, 0.1) is 12.7 Å². The molecule has 0 aliphatic heterocycles. The Balaban J connectivity index is 2.39. The highest BCUT2D eigenvalue weighted by Gasteiger charge is 2.03. The van der Waals surface area contributed by atoms with Crippen molar-refractivity contribution in [1.29, 1.82) is 5.26 Å². The molecule has 0 saturated carbocycles. The van der Waals surface area contributed by atoms with Crippen LogP contribution in [0.4, 0.5) is 0 Å². The Morgan fingerprint density at radius 3 is 2.89 bits per heavy atom. The zero-order valence-corrected chi connectivity index (χ0v) is 10.7. The molecule has 0 atom stereocenters. The van der Waals surface area contributed by atoms with Crippen LogP contribution in [0, 0.1) is 23.7 Å². The quantitative estimate of drug-likeness (QED) is 0.590. The molecule has 94 valence electrons. The van der Waals surface area contributed by atoms with E-state index in [1.165, 1.54) is 0 Å². The van der Waals surface area contributed by atoms with Crippen LogP contribution in [0.25, 0.3) is 0 Å². The van der Waals surface area contributed by atoms with Gasteiger partial charge in [-0.15, -0.1) is 12.3 Å². The molecule has 0 fully saturated rings. The fourth-order valence-electron chi connectivity index (χ4n) is 1.65. The fourth-order valence-corrected chi connectivity index (χ4v) is 1.65. The van der Waals surface area contributed by atoms with E-state index >= 15 is 0 Å². The predicted octanol–water partition coefficient (Wildman–Crippen LogP) is 2.46. The Hall–Kier alpha value is -1.97. The summed E-state index contributed by atoms with van der Waals surface area (Å²) in [5, 5.41) is 12.2. The molecule has 0 spiro atoms. The van der Waals surface area contributed by atoms with Gasteiger partial charge in [0, 0.05) is 13.0 Å². The molecule has 0 radical (unpaired) electrons. The second-order valence-electron chi connectivity index (χ2n) is 3.98. The summed E-state index contributed by atoms with van der Waals surface area (Å²) in [4.78, 5) is 0. The molecule has 0 amide bonds. The van der Waals surface area contributed by atoms with E-state index in [4.69, 9.17) is 16.4 Å². The molecule has 1 rings (SSSR count). The van der Waals surface area contributed by atoms with Crippen LogP contribution in [0.5, 0.6) is 5.75 Å². The van der Waals surface area contributed by atoms with Crippen LogP contribution in [-0.2, 0) is 6.54 Å². The van der Waals surface area contributed by atoms with Gasteiger partial charge >= 0.3 is 0 Å². The average molecular weight is 242 g/mol. The molecule has 0 aromatic heterocycles. The first-order chi connectivity index (χ1) is 8.81. The largest absolute Gasteiger partial charge is 0.495 e. The molecular weight excluding hydrogens is 224 g/mol. The number of benzene rings is 1. The maximum Gasteiger partial charge on any atom is 0.136 e. The average Bonchev–Trinajstić information content (AvgIpc) is 2.42. The minimum Gasteiger partial charge on any atom is -0.495 e. The van der Waals surface area contributed by atoms with Gasteiger partial charge in [0.25, 0.3) is 0 Å². The van der Waals surface area contributed by atoms with E-state index in [1.54, 1.807) is 13.2 Å². The van der Waals surface area contributed by atoms with Crippen LogP contribution < -0.4 is 10.1 Å². The van der Waals surface area contributed by atoms with Crippen molar-refractivity contribution in [3.8, 4) is 24.2 Å². The van der Waals surface area contributed by atoms with Crippen molar-refractivity contribution in [3.05, 3.63) is 29.3 Å². The second-order valence-corrected chi connectivity index (χ2v) is 3.98. The van der Waals surface area contributed by atoms with E-state index < -0.39 is 0 Å². The summed E-state index contributed by atoms with van der Waals surface area (Å²) in [6.45, 7) is 1.72. The number of unbranched alkanes of at least 4 members (excludes halogenated alkanes) is 2. The van der Waals surface area contributed by atoms with Gasteiger partial charge in [0.2, 0.25) is 0 Å². The molecule has 0 heterocycles. The Kier molecular flexibility index (Phi) is 6.40. The third kappa shape index (κ3) is 4.49. The summed E-state index contributed by atoms with van der Waals surface area (Å²) >= 11 is 0. The molecule has 1 aromatic carbocycles. The molecule has 1 N–H and O–H groups in total. The Morgan fingerprint density at radius 2 is 2.22 bits per heavy atom. The topological polar surface area (TPSA) is 45.0 Å². The van der Waals surface area contributed by atoms with E-state index in [-0.39, 0.29) is 0 Å². The lowest BCUT2D eigenvalue weighted by molar-refractivity contribution is 0.412. The highest BCUT2D eigenvalue weighted by atomic mass is 16.5. The van der Waals surface area contributed by atoms with Crippen molar-refractivity contribution < 1.29 is 4.74 Å². The van der Waals surface area contributed by atoms with Crippen LogP contribution in [0.2, 0.25) is 0 Å². The minimum atomic E-state index is 0.565. The zero-order chi connectivity index (χ0) is 13.2. The highest BCUT2D eigenvalue weighted by Crippen LogP contribution is 2.18. The molecule has 0 saturated heterocycles. The summed E-state index contributed by atoms with van der Waals surface area (Å²) in [6.07, 6.45) is 8.16. The highest BCUT2D eigenvalue weighted by molar-refractivity contribution is 5.45. The summed E-state index contributed by atoms with van der Waals surface area (Å²) in [5.41, 5.74) is 1.68. The van der Waals surface area contributed by atoms with Crippen LogP contribution in [0.15, 0.2) is 18.2 Å². The van der Waals surface area contributed by atoms with E-state index in [1.807, 2.05) is 12.1 Å². The number of nitriles is 1. The van der Waals surface area contributed by atoms with E-state index in [2.05, 4.69) is 17.3 Å². The molecule has 18 heavy (non-hydrogen) atoms. The second kappa shape index (κ2) is 8.17. The smallest absolute Gasteiger partial charge is 0.136 e. The third-order valence-corrected chi connectivity index (χ3v) is 2.64. The first-order valence-electron chi connectivity index (χ1n) is 6.03. The summed E-state index contributed by atoms with van der Waals surface area (Å²) < 4.78 is 5.16. The van der Waals surface area contributed by atoms with Crippen molar-refractivity contribution in [2.75, 3.05) is 13.7 Å². The lowest BCUT2D eigenvalue weighted by Crippen LogP contribution is -2.14. The maximum absolute atomic E-state index is 8.88. The van der Waals surface area contributed by atoms with Crippen molar-refractivity contribution >= 4 is 0 Å². The predicted molar refractivity (Wildman–Crippen MR) is 72.1 cm³/mol. The van der Waals surface area contributed by atoms with Gasteiger partial charge in [-0.3, -0.25) is 0 Å². The number of nitrogens with zero attached hydrogens (tertiary/aromatic N) is 1. The SMILES string of the molecule is C#CCCCCNCc1ccc(C#N)c(OC)c1. The van der Waals surface area contributed by atoms with Gasteiger partial charge in [-0.05, 0) is 37.1 Å². The number of terminal acetylenes is 1. The van der Waals surface area contributed by atoms with Crippen molar-refractivity contribution in [3.63, 3.8) is 0 Å². The molecule has 3 heteroatoms. The van der Waals surface area contributed by atoms with Crippen molar-refractivity contribution in [2.45, 2.75) is 25.8 Å². The minimum absolute atomic E-state index is 0.565. The molecule has 3 nitrogen and oxygen atoms in total. The molecule has 0 unspecified atom stereocenters. The number of rotatable bonds is 7. The van der Waals surface area contributed by atoms with Gasteiger partial charge in [0.1, 0.15) is 11.8 Å². The third-order valence-electron chi connectivity index (χ3n) is 2.64. The van der Waals surface area contributed by atoms with Gasteiger partial charge in [-0.1, -0.05) is 6.07 Å². The van der Waals surface area contributed by atoms with Crippen LogP contribution in [0.1, 0.15) is 30.4 Å². The summed E-state index contributed by atoms with van der Waals surface area (Å²) in [7, 11) is 1.58. The standard InChI is InChI=1S/C15H18N2O/c1-3-4-5-6-9-17-12-13-7-8-14(11-16)15(10-13)18-2/h1,7-8,10,17H,4-6,9,12H2,2H3. The monoisotopic (exact) mass is 242 g/mol.